The summed E-state index contributed by atoms with van der Waals surface area (Å²) in [5.41, 5.74) is 32.7. The number of fused-ring (bicyclic) bond motifs is 3. The van der Waals surface area contributed by atoms with Gasteiger partial charge in [0.1, 0.15) is 71.3 Å². The van der Waals surface area contributed by atoms with Crippen molar-refractivity contribution in [3.8, 4) is 39.5 Å². The Morgan fingerprint density at radius 2 is 0.804 bits per heavy atom. The Kier molecular flexibility index (Phi) is 32.6. The largest absolute Gasteiger partial charge is 1.00 e. The third-order valence-corrected chi connectivity index (χ3v) is 18.2. The van der Waals surface area contributed by atoms with Gasteiger partial charge in [-0.25, -0.2) is 13.2 Å². The Bertz CT molecular complexity index is 5070. The number of hydrogen-bond donors (Lipinski definition) is 6. The number of halogens is 5. The van der Waals surface area contributed by atoms with Gasteiger partial charge >= 0.3 is 43.9 Å². The van der Waals surface area contributed by atoms with E-state index in [1.807, 2.05) is 126 Å². The van der Waals surface area contributed by atoms with Crippen LogP contribution in [0.15, 0.2) is 182 Å². The fraction of sp³-hybridized carbons (Fsp3) is 0.232. The molecule has 3 aromatic heterocycles. The van der Waals surface area contributed by atoms with Crippen LogP contribution in [0.4, 0.5) is 13.2 Å². The van der Waals surface area contributed by atoms with Crippen LogP contribution >= 0.6 is 28.3 Å². The molecule has 12 rings (SSSR count). The van der Waals surface area contributed by atoms with Gasteiger partial charge in [-0.2, -0.15) is 0 Å². The molecule has 12 aromatic rings. The number of esters is 2. The van der Waals surface area contributed by atoms with Gasteiger partial charge in [-0.05, 0) is 176 Å². The number of nitrogens with two attached hydrogens (primary N) is 3. The van der Waals surface area contributed by atoms with Gasteiger partial charge in [-0.1, -0.05) is 91.0 Å². The van der Waals surface area contributed by atoms with Crippen molar-refractivity contribution in [1.29, 1.82) is 0 Å². The van der Waals surface area contributed by atoms with Crippen LogP contribution in [0.25, 0.3) is 55.2 Å². The van der Waals surface area contributed by atoms with Crippen LogP contribution < -0.4 is 55.7 Å². The van der Waals surface area contributed by atoms with Crippen molar-refractivity contribution in [2.45, 2.75) is 114 Å². The Morgan fingerprint density at radius 3 is 1.17 bits per heavy atom. The van der Waals surface area contributed by atoms with Crippen molar-refractivity contribution >= 4 is 91.7 Å². The molecule has 10 N–H and O–H groups in total. The number of carboxylic acid groups (broad SMARTS) is 1. The molecule has 25 heteroatoms. The molecule has 0 unspecified atom stereocenters. The summed E-state index contributed by atoms with van der Waals surface area (Å²) in [5.74, 6) is -0.852. The van der Waals surface area contributed by atoms with E-state index in [9.17, 15) is 23.9 Å². The van der Waals surface area contributed by atoms with E-state index < -0.39 is 18.9 Å². The van der Waals surface area contributed by atoms with Gasteiger partial charge in [-0.3, -0.25) is 14.4 Å². The molecule has 556 valence electrons. The molecule has 0 aliphatic heterocycles. The molecule has 0 fully saturated rings. The molecule has 107 heavy (non-hydrogen) atoms. The minimum Gasteiger partial charge on any atom is -0.870 e. The summed E-state index contributed by atoms with van der Waals surface area (Å²) < 4.78 is 89.6. The molecule has 0 aliphatic carbocycles. The van der Waals surface area contributed by atoms with Gasteiger partial charge in [0.25, 0.3) is 0 Å². The molecule has 0 bridgehead atoms. The monoisotopic (exact) mass is 1540 g/mol. The molecular formula is C82H84BBrClF3LiN3O15. The smallest absolute Gasteiger partial charge is 0.870 e. The molecule has 18 nitrogen and oxygen atoms in total. The number of rotatable bonds is 23. The van der Waals surface area contributed by atoms with Gasteiger partial charge in [0, 0.05) is 96.9 Å². The number of hydrogen-bond acceptors (Lipinski definition) is 17. The second-order valence-corrected chi connectivity index (χ2v) is 25.5. The topological polar surface area (TPSA) is 306 Å². The summed E-state index contributed by atoms with van der Waals surface area (Å²) in [6.07, 6.45) is 5.04. The van der Waals surface area contributed by atoms with Gasteiger partial charge in [-0.15, -0.1) is 12.4 Å². The van der Waals surface area contributed by atoms with Gasteiger partial charge < -0.3 is 74.8 Å². The van der Waals surface area contributed by atoms with Crippen molar-refractivity contribution in [1.82, 2.24) is 0 Å². The molecule has 0 atom stereocenters. The first kappa shape index (κ1) is 86.3. The summed E-state index contributed by atoms with van der Waals surface area (Å²) in [5, 5.41) is 29.3. The zero-order chi connectivity index (χ0) is 74.9. The predicted molar refractivity (Wildman–Crippen MR) is 409 cm³/mol. The normalized spacial score (nSPS) is 10.6. The summed E-state index contributed by atoms with van der Waals surface area (Å²) in [4.78, 5) is 35.3. The Morgan fingerprint density at radius 1 is 0.458 bits per heavy atom. The molecule has 0 saturated carbocycles. The zero-order valence-electron chi connectivity index (χ0n) is 60.9. The van der Waals surface area contributed by atoms with E-state index in [0.29, 0.717) is 81.4 Å². The van der Waals surface area contributed by atoms with E-state index in [1.165, 1.54) is 18.2 Å². The van der Waals surface area contributed by atoms with Crippen molar-refractivity contribution < 1.29 is 104 Å². The van der Waals surface area contributed by atoms with E-state index in [4.69, 9.17) is 64.2 Å². The number of benzene rings is 9. The van der Waals surface area contributed by atoms with Crippen LogP contribution in [0.1, 0.15) is 97.3 Å². The first-order valence-electron chi connectivity index (χ1n) is 33.6. The maximum atomic E-state index is 15.1. The van der Waals surface area contributed by atoms with Gasteiger partial charge in [0.2, 0.25) is 0 Å². The Hall–Kier alpha value is -9.61. The number of carboxylic acids is 1. The number of aliphatic carboxylic acids is 1. The van der Waals surface area contributed by atoms with Crippen LogP contribution in [0.5, 0.6) is 17.2 Å². The standard InChI is InChI=1S/C28H28FNO4.C26H24FNO4.C21H21BrO4.C7H9BFNO2.ClH.Li.H2O/c1-4-32-25(31)14-20-9-8-17(2)18(3)27(20)34-16-19-12-21-10-11-33-28(21)24(13-19)23-7-5-6-22(15-30)26(23)29;1-15-6-7-18(12-23(29)30)25(16(15)2)32-14-17-10-19-8-9-31-26(19)22(11-17)21-5-3-4-20(13-28)24(21)27;1-4-24-19(23)11-16-6-5-13(2)14(3)20(16)26-12-15-9-17-7-8-25-21(17)18(22)10-15;9-7-5(4-10)2-1-3-6(7)8(11)12;;;/h5-13H,4,14-16,30H2,1-3H3;3-11H,12-14,28H2,1-2H3,(H,29,30);5-10H,4,11-12H2,1-3H3;1-3,11-12H,4,10H2;1H;;1H2/q;;;;;+1;/p-1. The van der Waals surface area contributed by atoms with E-state index >= 15 is 8.78 Å². The molecule has 0 saturated heterocycles. The summed E-state index contributed by atoms with van der Waals surface area (Å²) in [6.45, 7) is 17.3. The summed E-state index contributed by atoms with van der Waals surface area (Å²) in [7, 11) is -1.78. The molecule has 3 heterocycles. The average Bonchev–Trinajstić information content (AvgIpc) is 1.74. The zero-order valence-corrected chi connectivity index (χ0v) is 63.3. The summed E-state index contributed by atoms with van der Waals surface area (Å²) >= 11 is 3.53. The number of furan rings is 3. The SMILES string of the molecule is CCOC(=O)Cc1ccc(C)c(C)c1OCc1cc(-c2cccc(CN)c2F)c2occc2c1.CCOC(=O)Cc1ccc(C)c(C)c1OCc1cc(Br)c2occc2c1.Cc1ccc(CC(=O)O)c(OCc2cc(-c3cccc(CN)c3F)c3occc3c2)c1C.Cl.NCc1cccc(B(O)O)c1F.[Li+].[OH-]. The van der Waals surface area contributed by atoms with E-state index in [0.717, 1.165) is 93.2 Å². The van der Waals surface area contributed by atoms with Crippen LogP contribution in [-0.4, -0.2) is 58.9 Å². The van der Waals surface area contributed by atoms with Crippen LogP contribution in [-0.2, 0) is 82.6 Å². The van der Waals surface area contributed by atoms with E-state index in [-0.39, 0.29) is 123 Å². The van der Waals surface area contributed by atoms with Crippen LogP contribution in [0.2, 0.25) is 0 Å². The van der Waals surface area contributed by atoms with Crippen LogP contribution in [0, 0.1) is 59.0 Å². The second kappa shape index (κ2) is 40.4. The average molecular weight is 1540 g/mol. The molecule has 0 aliphatic rings. The van der Waals surface area contributed by atoms with Crippen molar-refractivity contribution in [2.75, 3.05) is 13.2 Å². The van der Waals surface area contributed by atoms with Gasteiger partial charge in [0.15, 0.2) is 0 Å². The third-order valence-electron chi connectivity index (χ3n) is 17.6. The quantitative estimate of drug-likeness (QED) is 0.0256. The molecule has 0 amide bonds. The Balaban J connectivity index is 0.000000231. The first-order valence-corrected chi connectivity index (χ1v) is 34.4. The number of aryl methyl sites for hydroxylation is 3. The van der Waals surface area contributed by atoms with Crippen molar-refractivity contribution in [3.05, 3.63) is 270 Å². The minimum absolute atomic E-state index is 0. The molecule has 0 radical (unpaired) electrons. The number of carbonyl (C=O) groups excluding carboxylic acids is 2. The fourth-order valence-corrected chi connectivity index (χ4v) is 12.4. The third kappa shape index (κ3) is 21.4. The van der Waals surface area contributed by atoms with Crippen molar-refractivity contribution in [2.24, 2.45) is 17.2 Å². The molecule has 9 aromatic carbocycles. The molecule has 0 spiro atoms. The van der Waals surface area contributed by atoms with Gasteiger partial charge in [0.05, 0.1) is 55.7 Å². The first-order chi connectivity index (χ1) is 50.0. The molecular weight excluding hydrogens is 1460 g/mol. The summed E-state index contributed by atoms with van der Waals surface area (Å²) in [6, 6.07) is 43.4. The van der Waals surface area contributed by atoms with Crippen LogP contribution in [0.3, 0.4) is 0 Å². The maximum Gasteiger partial charge on any atom is 1.00 e. The predicted octanol–water partition coefficient (Wildman–Crippen LogP) is 13.2. The second-order valence-electron chi connectivity index (χ2n) is 24.6. The Labute approximate surface area is 645 Å². The van der Waals surface area contributed by atoms with E-state index in [2.05, 4.69) is 15.9 Å². The fourth-order valence-electron chi connectivity index (χ4n) is 11.8. The number of carbonyl (C=O) groups is 3. The minimum atomic E-state index is -1.78. The van der Waals surface area contributed by atoms with Crippen molar-refractivity contribution in [3.63, 3.8) is 0 Å². The number of ether oxygens (including phenoxy) is 5. The van der Waals surface area contributed by atoms with E-state index in [1.54, 1.807) is 75.1 Å². The maximum absolute atomic E-state index is 15.1.